The van der Waals surface area contributed by atoms with Crippen LogP contribution in [0.1, 0.15) is 35.5 Å². The Morgan fingerprint density at radius 1 is 0.944 bits per heavy atom. The summed E-state index contributed by atoms with van der Waals surface area (Å²) in [6.07, 6.45) is 0.492. The van der Waals surface area contributed by atoms with Crippen LogP contribution in [0.3, 0.4) is 0 Å². The van der Waals surface area contributed by atoms with Gasteiger partial charge in [-0.05, 0) is 73.9 Å². The maximum atomic E-state index is 14.2. The number of nitrogens with zero attached hydrogens (tertiary/aromatic N) is 4. The number of imidazole rings is 1. The SMILES string of the molecule is Cc1cc2nc(Cc3ccc(F)cc3)n(C(C)C(=O)N3CCN(c4ccccc4F)CC3)c2cc1C. The highest BCUT2D eigenvalue weighted by molar-refractivity contribution is 5.85. The molecule has 3 aromatic carbocycles. The summed E-state index contributed by atoms with van der Waals surface area (Å²) in [5.41, 5.74) is 5.55. The number of halogens is 2. The van der Waals surface area contributed by atoms with Crippen molar-refractivity contribution in [3.05, 3.63) is 94.8 Å². The molecule has 36 heavy (non-hydrogen) atoms. The number of carbonyl (C=O) groups excluding carboxylic acids is 1. The summed E-state index contributed by atoms with van der Waals surface area (Å²) in [5, 5.41) is 0. The van der Waals surface area contributed by atoms with Crippen molar-refractivity contribution in [1.29, 1.82) is 0 Å². The summed E-state index contributed by atoms with van der Waals surface area (Å²) in [4.78, 5) is 22.4. The third kappa shape index (κ3) is 4.57. The average molecular weight is 489 g/mol. The van der Waals surface area contributed by atoms with E-state index in [0.29, 0.717) is 38.3 Å². The fourth-order valence-electron chi connectivity index (χ4n) is 4.99. The number of fused-ring (bicyclic) bond motifs is 1. The average Bonchev–Trinajstić information content (AvgIpc) is 3.21. The van der Waals surface area contributed by atoms with Gasteiger partial charge in [-0.1, -0.05) is 24.3 Å². The summed E-state index contributed by atoms with van der Waals surface area (Å²) in [7, 11) is 0. The molecule has 7 heteroatoms. The van der Waals surface area contributed by atoms with E-state index in [9.17, 15) is 13.6 Å². The van der Waals surface area contributed by atoms with Crippen LogP contribution < -0.4 is 4.90 Å². The van der Waals surface area contributed by atoms with E-state index < -0.39 is 6.04 Å². The number of amides is 1. The molecule has 1 aliphatic rings. The van der Waals surface area contributed by atoms with Gasteiger partial charge in [0, 0.05) is 32.6 Å². The van der Waals surface area contributed by atoms with Crippen molar-refractivity contribution in [3.8, 4) is 0 Å². The Balaban J connectivity index is 1.42. The van der Waals surface area contributed by atoms with Crippen molar-refractivity contribution in [2.24, 2.45) is 0 Å². The Morgan fingerprint density at radius 3 is 2.31 bits per heavy atom. The van der Waals surface area contributed by atoms with Crippen molar-refractivity contribution in [2.75, 3.05) is 31.1 Å². The lowest BCUT2D eigenvalue weighted by molar-refractivity contribution is -0.134. The Labute approximate surface area is 210 Å². The number of carbonyl (C=O) groups is 1. The van der Waals surface area contributed by atoms with Gasteiger partial charge in [0.05, 0.1) is 16.7 Å². The zero-order chi connectivity index (χ0) is 25.4. The Bertz CT molecular complexity index is 1410. The molecule has 1 aromatic heterocycles. The minimum Gasteiger partial charge on any atom is -0.366 e. The first kappa shape index (κ1) is 24.0. The third-order valence-electron chi connectivity index (χ3n) is 7.18. The van der Waals surface area contributed by atoms with Crippen LogP contribution >= 0.6 is 0 Å². The van der Waals surface area contributed by atoms with E-state index in [1.807, 2.05) is 27.4 Å². The Kier molecular flexibility index (Phi) is 6.48. The second kappa shape index (κ2) is 9.72. The number of piperazine rings is 1. The van der Waals surface area contributed by atoms with Crippen molar-refractivity contribution in [1.82, 2.24) is 14.5 Å². The highest BCUT2D eigenvalue weighted by Gasteiger charge is 2.29. The number of aryl methyl sites for hydroxylation is 2. The lowest BCUT2D eigenvalue weighted by Gasteiger charge is -2.37. The fourth-order valence-corrected chi connectivity index (χ4v) is 4.99. The first-order valence-electron chi connectivity index (χ1n) is 12.3. The van der Waals surface area contributed by atoms with Crippen molar-refractivity contribution in [2.45, 2.75) is 33.2 Å². The third-order valence-corrected chi connectivity index (χ3v) is 7.18. The second-order valence-corrected chi connectivity index (χ2v) is 9.57. The van der Waals surface area contributed by atoms with E-state index >= 15 is 0 Å². The van der Waals surface area contributed by atoms with Crippen molar-refractivity contribution < 1.29 is 13.6 Å². The molecule has 2 heterocycles. The molecule has 1 unspecified atom stereocenters. The summed E-state index contributed by atoms with van der Waals surface area (Å²) in [6.45, 7) is 8.22. The molecule has 5 rings (SSSR count). The standard InChI is InChI=1S/C29H30F2N4O/c1-19-16-25-27(17-20(19)2)35(28(32-25)18-22-8-10-23(30)11-9-22)21(3)29(36)34-14-12-33(13-15-34)26-7-5-4-6-24(26)31/h4-11,16-17,21H,12-15,18H2,1-3H3. The monoisotopic (exact) mass is 488 g/mol. The minimum atomic E-state index is -0.465. The number of benzene rings is 3. The van der Waals surface area contributed by atoms with Crippen molar-refractivity contribution in [3.63, 3.8) is 0 Å². The van der Waals surface area contributed by atoms with Gasteiger partial charge in [-0.3, -0.25) is 4.79 Å². The number of para-hydroxylation sites is 1. The molecule has 1 amide bonds. The first-order chi connectivity index (χ1) is 17.3. The van der Waals surface area contributed by atoms with Gasteiger partial charge in [0.1, 0.15) is 23.5 Å². The first-order valence-corrected chi connectivity index (χ1v) is 12.3. The number of hydrogen-bond acceptors (Lipinski definition) is 3. The van der Waals surface area contributed by atoms with Gasteiger partial charge in [0.15, 0.2) is 0 Å². The summed E-state index contributed by atoms with van der Waals surface area (Å²) < 4.78 is 29.7. The molecular weight excluding hydrogens is 458 g/mol. The molecule has 4 aromatic rings. The van der Waals surface area contributed by atoms with Crippen LogP contribution in [0.2, 0.25) is 0 Å². The number of aromatic nitrogens is 2. The maximum Gasteiger partial charge on any atom is 0.245 e. The number of anilines is 1. The Hall–Kier alpha value is -3.74. The zero-order valence-electron chi connectivity index (χ0n) is 20.8. The lowest BCUT2D eigenvalue weighted by Crippen LogP contribution is -2.50. The molecular formula is C29H30F2N4O. The van der Waals surface area contributed by atoms with Crippen LogP contribution in [-0.2, 0) is 11.2 Å². The summed E-state index contributed by atoms with van der Waals surface area (Å²) in [6, 6.07) is 16.8. The zero-order valence-corrected chi connectivity index (χ0v) is 20.8. The number of rotatable bonds is 5. The molecule has 0 aliphatic carbocycles. The highest BCUT2D eigenvalue weighted by atomic mass is 19.1. The van der Waals surface area contributed by atoms with Crippen LogP contribution in [0.5, 0.6) is 0 Å². The Morgan fingerprint density at radius 2 is 1.61 bits per heavy atom. The quantitative estimate of drug-likeness (QED) is 0.376. The largest absolute Gasteiger partial charge is 0.366 e. The molecule has 0 N–H and O–H groups in total. The smallest absolute Gasteiger partial charge is 0.245 e. The van der Waals surface area contributed by atoms with E-state index in [-0.39, 0.29) is 17.5 Å². The molecule has 0 radical (unpaired) electrons. The predicted molar refractivity (Wildman–Crippen MR) is 138 cm³/mol. The van der Waals surface area contributed by atoms with Gasteiger partial charge >= 0.3 is 0 Å². The van der Waals surface area contributed by atoms with Gasteiger partial charge in [0.25, 0.3) is 0 Å². The van der Waals surface area contributed by atoms with Gasteiger partial charge in [-0.2, -0.15) is 0 Å². The van der Waals surface area contributed by atoms with E-state index in [4.69, 9.17) is 4.98 Å². The lowest BCUT2D eigenvalue weighted by atomic mass is 10.1. The molecule has 5 nitrogen and oxygen atoms in total. The fraction of sp³-hybridized carbons (Fsp3) is 0.310. The molecule has 1 atom stereocenters. The number of hydrogen-bond donors (Lipinski definition) is 0. The van der Waals surface area contributed by atoms with Gasteiger partial charge in [-0.15, -0.1) is 0 Å². The molecule has 1 aliphatic heterocycles. The molecule has 186 valence electrons. The molecule has 1 fully saturated rings. The van der Waals surface area contributed by atoms with Crippen LogP contribution in [0.25, 0.3) is 11.0 Å². The molecule has 1 saturated heterocycles. The van der Waals surface area contributed by atoms with E-state index in [1.54, 1.807) is 24.3 Å². The van der Waals surface area contributed by atoms with Crippen LogP contribution in [0.15, 0.2) is 60.7 Å². The summed E-state index contributed by atoms with van der Waals surface area (Å²) >= 11 is 0. The van der Waals surface area contributed by atoms with E-state index in [1.165, 1.54) is 18.2 Å². The van der Waals surface area contributed by atoms with Gasteiger partial charge in [0.2, 0.25) is 5.91 Å². The normalized spacial score (nSPS) is 14.9. The highest BCUT2D eigenvalue weighted by Crippen LogP contribution is 2.28. The molecule has 0 bridgehead atoms. The van der Waals surface area contributed by atoms with Crippen LogP contribution in [-0.4, -0.2) is 46.5 Å². The minimum absolute atomic E-state index is 0.0149. The molecule has 0 spiro atoms. The van der Waals surface area contributed by atoms with E-state index in [2.05, 4.69) is 26.0 Å². The topological polar surface area (TPSA) is 41.4 Å². The van der Waals surface area contributed by atoms with Gasteiger partial charge in [-0.25, -0.2) is 13.8 Å². The predicted octanol–water partition coefficient (Wildman–Crippen LogP) is 5.43. The van der Waals surface area contributed by atoms with Crippen LogP contribution in [0, 0.1) is 25.5 Å². The van der Waals surface area contributed by atoms with Gasteiger partial charge < -0.3 is 14.4 Å². The summed E-state index contributed by atoms with van der Waals surface area (Å²) in [5.74, 6) is 0.261. The maximum absolute atomic E-state index is 14.2. The second-order valence-electron chi connectivity index (χ2n) is 9.57. The van der Waals surface area contributed by atoms with Crippen LogP contribution in [0.4, 0.5) is 14.5 Å². The van der Waals surface area contributed by atoms with E-state index in [0.717, 1.165) is 33.5 Å². The molecule has 0 saturated carbocycles. The van der Waals surface area contributed by atoms with Crippen molar-refractivity contribution >= 4 is 22.6 Å².